The minimum absolute atomic E-state index is 0.199. The van der Waals surface area contributed by atoms with Crippen LogP contribution in [0.25, 0.3) is 27.8 Å². The van der Waals surface area contributed by atoms with E-state index in [0.717, 1.165) is 50.9 Å². The molecule has 5 rings (SSSR count). The van der Waals surface area contributed by atoms with E-state index in [1.807, 2.05) is 28.8 Å². The second-order valence-corrected chi connectivity index (χ2v) is 8.48. The zero-order valence-electron chi connectivity index (χ0n) is 15.6. The second-order valence-electron chi connectivity index (χ2n) is 7.62. The number of nitrogens with two attached hydrogens (primary N) is 1. The van der Waals surface area contributed by atoms with Crippen molar-refractivity contribution in [2.45, 2.75) is 31.6 Å². The fraction of sp³-hybridized carbons (Fsp3) is 0.286. The summed E-state index contributed by atoms with van der Waals surface area (Å²) < 4.78 is 3.01. The number of benzene rings is 1. The Balaban J connectivity index is 1.63. The first-order valence-corrected chi connectivity index (χ1v) is 10.4. The average Bonchev–Trinajstić information content (AvgIpc) is 3.31. The van der Waals surface area contributed by atoms with Crippen LogP contribution in [0, 0.1) is 5.92 Å². The first-order valence-electron chi connectivity index (χ1n) is 9.65. The van der Waals surface area contributed by atoms with Gasteiger partial charge in [-0.2, -0.15) is 0 Å². The molecule has 148 valence electrons. The van der Waals surface area contributed by atoms with Gasteiger partial charge in [0.2, 0.25) is 0 Å². The van der Waals surface area contributed by atoms with Gasteiger partial charge in [-0.3, -0.25) is 9.20 Å². The van der Waals surface area contributed by atoms with Gasteiger partial charge in [0.1, 0.15) is 22.9 Å². The Bertz CT molecular complexity index is 1240. The van der Waals surface area contributed by atoms with Gasteiger partial charge in [0.25, 0.3) is 0 Å². The lowest BCUT2D eigenvalue weighted by molar-refractivity contribution is -0.142. The number of carbonyl (C=O) groups is 1. The lowest BCUT2D eigenvalue weighted by Gasteiger charge is -2.25. The van der Waals surface area contributed by atoms with E-state index in [1.165, 1.54) is 0 Å². The van der Waals surface area contributed by atoms with Crippen LogP contribution in [0.15, 0.2) is 41.1 Å². The summed E-state index contributed by atoms with van der Waals surface area (Å²) in [6.45, 7) is 0. The molecule has 1 aromatic carbocycles. The molecule has 0 bridgehead atoms. The van der Waals surface area contributed by atoms with Crippen molar-refractivity contribution >= 4 is 44.1 Å². The molecule has 0 radical (unpaired) electrons. The van der Waals surface area contributed by atoms with E-state index in [9.17, 15) is 9.90 Å². The molecule has 4 aromatic rings. The number of anilines is 1. The molecule has 29 heavy (non-hydrogen) atoms. The number of rotatable bonds is 3. The van der Waals surface area contributed by atoms with E-state index >= 15 is 0 Å². The molecule has 1 saturated carbocycles. The molecule has 0 atom stereocenters. The topological polar surface area (TPSA) is 109 Å². The number of aliphatic carboxylic acids is 1. The smallest absolute Gasteiger partial charge is 0.306 e. The van der Waals surface area contributed by atoms with Crippen molar-refractivity contribution in [3.8, 4) is 11.4 Å². The number of carboxylic acids is 1. The maximum Gasteiger partial charge on any atom is 0.306 e. The third-order valence-corrected chi connectivity index (χ3v) is 6.57. The van der Waals surface area contributed by atoms with Crippen LogP contribution < -0.4 is 5.73 Å². The lowest BCUT2D eigenvalue weighted by atomic mass is 9.81. The fourth-order valence-corrected chi connectivity index (χ4v) is 4.89. The number of nitrogens with one attached hydrogen (secondary N) is 1. The molecule has 4 N–H and O–H groups in total. The number of aromatic nitrogens is 4. The maximum absolute atomic E-state index is 11.3. The van der Waals surface area contributed by atoms with Crippen molar-refractivity contribution in [3.05, 3.63) is 47.0 Å². The Hall–Kier alpha value is -2.87. The summed E-state index contributed by atoms with van der Waals surface area (Å²) >= 11 is 3.59. The minimum Gasteiger partial charge on any atom is -0.481 e. The highest BCUT2D eigenvalue weighted by Gasteiger charge is 2.30. The Kier molecular flexibility index (Phi) is 4.31. The normalized spacial score (nSPS) is 19.8. The molecule has 1 fully saturated rings. The average molecular weight is 454 g/mol. The van der Waals surface area contributed by atoms with Crippen LogP contribution in [0.4, 0.5) is 5.82 Å². The molecule has 3 aromatic heterocycles. The molecule has 0 saturated heterocycles. The predicted molar refractivity (Wildman–Crippen MR) is 115 cm³/mol. The van der Waals surface area contributed by atoms with Gasteiger partial charge in [-0.05, 0) is 53.7 Å². The molecule has 1 aliphatic carbocycles. The Morgan fingerprint density at radius 3 is 2.79 bits per heavy atom. The SMILES string of the molecule is Nc1nccn2c1c(-c1cc3cccc(Br)c3[nH]1)nc2[C@H]1CC[C@H](C(=O)O)CC1. The number of carboxylic acid groups (broad SMARTS) is 1. The molecule has 0 amide bonds. The number of fused-ring (bicyclic) bond motifs is 2. The highest BCUT2D eigenvalue weighted by Crippen LogP contribution is 2.39. The first-order chi connectivity index (χ1) is 14.0. The zero-order chi connectivity index (χ0) is 20.1. The second kappa shape index (κ2) is 6.88. The van der Waals surface area contributed by atoms with Gasteiger partial charge in [-0.1, -0.05) is 12.1 Å². The van der Waals surface area contributed by atoms with E-state index in [2.05, 4.69) is 32.0 Å². The number of aromatic amines is 1. The number of hydrogen-bond donors (Lipinski definition) is 3. The summed E-state index contributed by atoms with van der Waals surface area (Å²) in [5, 5.41) is 10.4. The van der Waals surface area contributed by atoms with Crippen molar-refractivity contribution in [1.29, 1.82) is 0 Å². The standard InChI is InChI=1S/C21H20BrN5O2/c22-14-3-1-2-13-10-15(25-16(13)14)17-18-19(23)24-8-9-27(18)20(26-17)11-4-6-12(7-5-11)21(28)29/h1-3,8-12,25H,4-7H2,(H2,23,24)(H,28,29)/t11-,12-. The lowest BCUT2D eigenvalue weighted by Crippen LogP contribution is -2.21. The number of para-hydroxylation sites is 1. The van der Waals surface area contributed by atoms with Crippen LogP contribution in [0.5, 0.6) is 0 Å². The van der Waals surface area contributed by atoms with E-state index in [4.69, 9.17) is 10.7 Å². The number of H-pyrrole nitrogens is 1. The van der Waals surface area contributed by atoms with Gasteiger partial charge in [0, 0.05) is 28.2 Å². The van der Waals surface area contributed by atoms with Crippen molar-refractivity contribution in [2.24, 2.45) is 5.92 Å². The monoisotopic (exact) mass is 453 g/mol. The molecule has 7 nitrogen and oxygen atoms in total. The van der Waals surface area contributed by atoms with Crippen molar-refractivity contribution in [2.75, 3.05) is 5.73 Å². The third-order valence-electron chi connectivity index (χ3n) is 5.91. The van der Waals surface area contributed by atoms with Crippen LogP contribution in [-0.4, -0.2) is 30.4 Å². The minimum atomic E-state index is -0.700. The number of nitrogen functional groups attached to an aromatic ring is 1. The van der Waals surface area contributed by atoms with Gasteiger partial charge < -0.3 is 15.8 Å². The highest BCUT2D eigenvalue weighted by atomic mass is 79.9. The van der Waals surface area contributed by atoms with Gasteiger partial charge in [0.15, 0.2) is 0 Å². The van der Waals surface area contributed by atoms with Crippen molar-refractivity contribution in [3.63, 3.8) is 0 Å². The fourth-order valence-electron chi connectivity index (χ4n) is 4.41. The largest absolute Gasteiger partial charge is 0.481 e. The van der Waals surface area contributed by atoms with Gasteiger partial charge in [-0.25, -0.2) is 9.97 Å². The van der Waals surface area contributed by atoms with E-state index < -0.39 is 5.97 Å². The van der Waals surface area contributed by atoms with Crippen molar-refractivity contribution in [1.82, 2.24) is 19.4 Å². The molecular weight excluding hydrogens is 434 g/mol. The van der Waals surface area contributed by atoms with Gasteiger partial charge >= 0.3 is 5.97 Å². The van der Waals surface area contributed by atoms with E-state index in [-0.39, 0.29) is 11.8 Å². The molecule has 0 unspecified atom stereocenters. The van der Waals surface area contributed by atoms with Crippen LogP contribution in [0.3, 0.4) is 0 Å². The van der Waals surface area contributed by atoms with Crippen LogP contribution >= 0.6 is 15.9 Å². The summed E-state index contributed by atoms with van der Waals surface area (Å²) in [6.07, 6.45) is 6.52. The number of hydrogen-bond acceptors (Lipinski definition) is 4. The highest BCUT2D eigenvalue weighted by molar-refractivity contribution is 9.10. The van der Waals surface area contributed by atoms with Gasteiger partial charge in [-0.15, -0.1) is 0 Å². The van der Waals surface area contributed by atoms with E-state index in [1.54, 1.807) is 6.20 Å². The molecule has 1 aliphatic rings. The summed E-state index contributed by atoms with van der Waals surface area (Å²) in [7, 11) is 0. The molecule has 0 spiro atoms. The summed E-state index contributed by atoms with van der Waals surface area (Å²) in [5.74, 6) is 0.595. The van der Waals surface area contributed by atoms with Crippen LogP contribution in [0.1, 0.15) is 37.4 Å². The first kappa shape index (κ1) is 18.2. The van der Waals surface area contributed by atoms with E-state index in [0.29, 0.717) is 18.7 Å². The molecular formula is C21H20BrN5O2. The third kappa shape index (κ3) is 2.98. The Morgan fingerprint density at radius 1 is 1.28 bits per heavy atom. The van der Waals surface area contributed by atoms with Crippen LogP contribution in [-0.2, 0) is 4.79 Å². The molecule has 3 heterocycles. The summed E-state index contributed by atoms with van der Waals surface area (Å²) in [6, 6.07) is 8.11. The maximum atomic E-state index is 11.3. The van der Waals surface area contributed by atoms with Crippen molar-refractivity contribution < 1.29 is 9.90 Å². The van der Waals surface area contributed by atoms with Gasteiger partial charge in [0.05, 0.1) is 17.1 Å². The summed E-state index contributed by atoms with van der Waals surface area (Å²) in [4.78, 5) is 24.0. The molecule has 0 aliphatic heterocycles. The predicted octanol–water partition coefficient (Wildman–Crippen LogP) is 4.58. The Morgan fingerprint density at radius 2 is 2.07 bits per heavy atom. The Labute approximate surface area is 175 Å². The quantitative estimate of drug-likeness (QED) is 0.420. The molecule has 8 heteroatoms. The number of halogens is 1. The summed E-state index contributed by atoms with van der Waals surface area (Å²) in [5.41, 5.74) is 9.70. The van der Waals surface area contributed by atoms with Crippen LogP contribution in [0.2, 0.25) is 0 Å². The number of nitrogens with zero attached hydrogens (tertiary/aromatic N) is 3. The zero-order valence-corrected chi connectivity index (χ0v) is 17.2. The number of imidazole rings is 1.